The summed E-state index contributed by atoms with van der Waals surface area (Å²) in [5.41, 5.74) is 8.21. The van der Waals surface area contributed by atoms with Crippen molar-refractivity contribution < 1.29 is 14.3 Å². The molecule has 1 fully saturated rings. The van der Waals surface area contributed by atoms with Crippen LogP contribution < -0.4 is 15.8 Å². The molecule has 1 saturated heterocycles. The number of aryl methyl sites for hydroxylation is 1. The largest absolute Gasteiger partial charge is 0.497 e. The van der Waals surface area contributed by atoms with Crippen LogP contribution in [0.25, 0.3) is 0 Å². The summed E-state index contributed by atoms with van der Waals surface area (Å²) >= 11 is 0. The van der Waals surface area contributed by atoms with Crippen molar-refractivity contribution in [3.05, 3.63) is 47.3 Å². The second-order valence-electron chi connectivity index (χ2n) is 7.62. The van der Waals surface area contributed by atoms with Gasteiger partial charge in [-0.3, -0.25) is 9.48 Å². The van der Waals surface area contributed by atoms with Gasteiger partial charge in [-0.2, -0.15) is 5.10 Å². The maximum Gasteiger partial charge on any atom is 0.255 e. The van der Waals surface area contributed by atoms with Crippen molar-refractivity contribution in [3.8, 4) is 5.75 Å². The van der Waals surface area contributed by atoms with Gasteiger partial charge in [-0.1, -0.05) is 12.1 Å². The maximum atomic E-state index is 13.3. The van der Waals surface area contributed by atoms with Crippen LogP contribution in [0, 0.1) is 0 Å². The van der Waals surface area contributed by atoms with Crippen LogP contribution in [0.1, 0.15) is 53.2 Å². The second kappa shape index (κ2) is 7.93. The van der Waals surface area contributed by atoms with Crippen molar-refractivity contribution in [2.45, 2.75) is 43.7 Å². The lowest BCUT2D eigenvalue weighted by Crippen LogP contribution is -2.49. The number of ether oxygens (including phenoxy) is 2. The zero-order valence-corrected chi connectivity index (χ0v) is 16.3. The van der Waals surface area contributed by atoms with E-state index in [1.807, 2.05) is 28.9 Å². The van der Waals surface area contributed by atoms with Crippen LogP contribution in [0.15, 0.2) is 30.5 Å². The molecule has 0 spiro atoms. The number of aromatic nitrogens is 2. The molecule has 7 heteroatoms. The smallest absolute Gasteiger partial charge is 0.255 e. The molecule has 7 nitrogen and oxygen atoms in total. The van der Waals surface area contributed by atoms with E-state index >= 15 is 0 Å². The number of carbonyl (C=O) groups is 1. The number of nitrogens with two attached hydrogens (primary N) is 1. The first-order valence-corrected chi connectivity index (χ1v) is 9.97. The Morgan fingerprint density at radius 3 is 2.79 bits per heavy atom. The molecule has 0 bridgehead atoms. The van der Waals surface area contributed by atoms with Crippen molar-refractivity contribution >= 4 is 5.91 Å². The summed E-state index contributed by atoms with van der Waals surface area (Å²) in [5, 5.41) is 7.78. The Balaban J connectivity index is 1.64. The molecule has 28 heavy (non-hydrogen) atoms. The zero-order valence-electron chi connectivity index (χ0n) is 16.3. The van der Waals surface area contributed by atoms with Gasteiger partial charge in [0.25, 0.3) is 5.91 Å². The number of fused-ring (bicyclic) bond motifs is 1. The second-order valence-corrected chi connectivity index (χ2v) is 7.62. The average molecular weight is 384 g/mol. The predicted octanol–water partition coefficient (Wildman–Crippen LogP) is 2.16. The minimum absolute atomic E-state index is 0.0840. The van der Waals surface area contributed by atoms with Gasteiger partial charge in [-0.15, -0.1) is 0 Å². The van der Waals surface area contributed by atoms with Gasteiger partial charge in [-0.25, -0.2) is 0 Å². The van der Waals surface area contributed by atoms with E-state index < -0.39 is 5.54 Å². The van der Waals surface area contributed by atoms with Crippen LogP contribution in [0.5, 0.6) is 5.75 Å². The Kier molecular flexibility index (Phi) is 5.37. The van der Waals surface area contributed by atoms with Gasteiger partial charge in [0.1, 0.15) is 5.75 Å². The fourth-order valence-electron chi connectivity index (χ4n) is 4.43. The quantitative estimate of drug-likeness (QED) is 0.824. The first-order valence-electron chi connectivity index (χ1n) is 9.97. The van der Waals surface area contributed by atoms with E-state index in [2.05, 4.69) is 10.4 Å². The normalized spacial score (nSPS) is 21.0. The third-order valence-corrected chi connectivity index (χ3v) is 6.06. The molecule has 2 aliphatic heterocycles. The molecule has 3 N–H and O–H groups in total. The van der Waals surface area contributed by atoms with E-state index in [0.717, 1.165) is 49.2 Å². The third kappa shape index (κ3) is 3.40. The average Bonchev–Trinajstić information content (AvgIpc) is 3.19. The topological polar surface area (TPSA) is 91.4 Å². The molecule has 1 amide bonds. The van der Waals surface area contributed by atoms with E-state index in [0.29, 0.717) is 25.3 Å². The lowest BCUT2D eigenvalue weighted by molar-refractivity contribution is 0.0345. The summed E-state index contributed by atoms with van der Waals surface area (Å²) in [4.78, 5) is 13.3. The number of benzene rings is 1. The molecule has 0 saturated carbocycles. The summed E-state index contributed by atoms with van der Waals surface area (Å²) in [7, 11) is 1.65. The number of nitrogens with one attached hydrogen (secondary N) is 1. The number of hydrogen-bond donors (Lipinski definition) is 2. The zero-order chi connectivity index (χ0) is 19.6. The Hall–Kier alpha value is -2.38. The molecule has 4 rings (SSSR count). The summed E-state index contributed by atoms with van der Waals surface area (Å²) in [6.07, 6.45) is 5.20. The molecular formula is C21H28N4O3. The van der Waals surface area contributed by atoms with Crippen LogP contribution >= 0.6 is 0 Å². The monoisotopic (exact) mass is 384 g/mol. The molecular weight excluding hydrogens is 356 g/mol. The standard InChI is InChI=1S/C21H28N4O3/c1-27-17-6-4-16(5-7-17)21(8-11-28-12-9-21)24-20(26)18-14-23-25-10-2-3-15(13-22)19(18)25/h4-7,14-15H,2-3,8-13,22H2,1H3,(H,24,26). The first kappa shape index (κ1) is 19.0. The van der Waals surface area contributed by atoms with Crippen molar-refractivity contribution in [2.75, 3.05) is 26.9 Å². The number of nitrogens with zero attached hydrogens (tertiary/aromatic N) is 2. The maximum absolute atomic E-state index is 13.3. The van der Waals surface area contributed by atoms with E-state index in [1.54, 1.807) is 13.3 Å². The summed E-state index contributed by atoms with van der Waals surface area (Å²) in [5.74, 6) is 0.900. The molecule has 2 aromatic rings. The minimum atomic E-state index is -0.455. The van der Waals surface area contributed by atoms with Crippen LogP contribution in [0.3, 0.4) is 0 Å². The summed E-state index contributed by atoms with van der Waals surface area (Å²) in [6.45, 7) is 2.60. The highest BCUT2D eigenvalue weighted by atomic mass is 16.5. The lowest BCUT2D eigenvalue weighted by Gasteiger charge is -2.38. The SMILES string of the molecule is COc1ccc(C2(NC(=O)c3cnn4c3C(CN)CCC4)CCOCC2)cc1. The molecule has 1 aromatic heterocycles. The molecule has 0 radical (unpaired) electrons. The molecule has 3 heterocycles. The van der Waals surface area contributed by atoms with Gasteiger partial charge in [-0.05, 0) is 43.4 Å². The van der Waals surface area contributed by atoms with Gasteiger partial charge in [0, 0.05) is 32.2 Å². The highest BCUT2D eigenvalue weighted by Gasteiger charge is 2.38. The molecule has 1 aromatic carbocycles. The minimum Gasteiger partial charge on any atom is -0.497 e. The van der Waals surface area contributed by atoms with Gasteiger partial charge in [0.15, 0.2) is 0 Å². The number of rotatable bonds is 5. The molecule has 1 atom stereocenters. The first-order chi connectivity index (χ1) is 13.7. The van der Waals surface area contributed by atoms with Gasteiger partial charge < -0.3 is 20.5 Å². The number of methoxy groups -OCH3 is 1. The van der Waals surface area contributed by atoms with Crippen molar-refractivity contribution in [1.82, 2.24) is 15.1 Å². The van der Waals surface area contributed by atoms with E-state index in [-0.39, 0.29) is 11.8 Å². The molecule has 1 unspecified atom stereocenters. The highest BCUT2D eigenvalue weighted by Crippen LogP contribution is 2.35. The van der Waals surface area contributed by atoms with Gasteiger partial charge in [0.2, 0.25) is 0 Å². The van der Waals surface area contributed by atoms with E-state index in [1.165, 1.54) is 0 Å². The Morgan fingerprint density at radius 2 is 2.11 bits per heavy atom. The Bertz CT molecular complexity index is 825. The Labute approximate surface area is 165 Å². The van der Waals surface area contributed by atoms with Crippen molar-refractivity contribution in [3.63, 3.8) is 0 Å². The van der Waals surface area contributed by atoms with Gasteiger partial charge in [0.05, 0.1) is 30.1 Å². The Morgan fingerprint density at radius 1 is 1.36 bits per heavy atom. The van der Waals surface area contributed by atoms with Crippen molar-refractivity contribution in [2.24, 2.45) is 5.73 Å². The number of hydrogen-bond acceptors (Lipinski definition) is 5. The van der Waals surface area contributed by atoms with Gasteiger partial charge >= 0.3 is 0 Å². The number of carbonyl (C=O) groups excluding carboxylic acids is 1. The van der Waals surface area contributed by atoms with Crippen LogP contribution in [0.4, 0.5) is 0 Å². The third-order valence-electron chi connectivity index (χ3n) is 6.06. The van der Waals surface area contributed by atoms with Crippen LogP contribution in [-0.2, 0) is 16.8 Å². The summed E-state index contributed by atoms with van der Waals surface area (Å²) < 4.78 is 12.8. The predicted molar refractivity (Wildman–Crippen MR) is 105 cm³/mol. The van der Waals surface area contributed by atoms with E-state index in [9.17, 15) is 4.79 Å². The van der Waals surface area contributed by atoms with E-state index in [4.69, 9.17) is 15.2 Å². The molecule has 2 aliphatic rings. The van der Waals surface area contributed by atoms with Crippen molar-refractivity contribution in [1.29, 1.82) is 0 Å². The highest BCUT2D eigenvalue weighted by molar-refractivity contribution is 5.96. The summed E-state index contributed by atoms with van der Waals surface area (Å²) in [6, 6.07) is 7.93. The lowest BCUT2D eigenvalue weighted by atomic mass is 9.82. The van der Waals surface area contributed by atoms with Crippen LogP contribution in [0.2, 0.25) is 0 Å². The number of amides is 1. The molecule has 150 valence electrons. The fourth-order valence-corrected chi connectivity index (χ4v) is 4.43. The van der Waals surface area contributed by atoms with Crippen LogP contribution in [-0.4, -0.2) is 42.6 Å². The molecule has 0 aliphatic carbocycles. The fraction of sp³-hybridized carbons (Fsp3) is 0.524.